The van der Waals surface area contributed by atoms with Crippen molar-refractivity contribution in [3.8, 4) is 0 Å². The molecule has 1 aromatic carbocycles. The molecule has 0 atom stereocenters. The molecular formula is C11H11N5O2. The van der Waals surface area contributed by atoms with E-state index in [1.54, 1.807) is 25.1 Å². The van der Waals surface area contributed by atoms with E-state index in [4.69, 9.17) is 5.73 Å². The Morgan fingerprint density at radius 2 is 2.17 bits per heavy atom. The van der Waals surface area contributed by atoms with Crippen LogP contribution in [-0.4, -0.2) is 27.0 Å². The summed E-state index contributed by atoms with van der Waals surface area (Å²) in [6, 6.07) is 4.92. The third kappa shape index (κ3) is 2.19. The first kappa shape index (κ1) is 11.8. The zero-order chi connectivity index (χ0) is 13.1. The van der Waals surface area contributed by atoms with E-state index in [0.29, 0.717) is 16.8 Å². The van der Waals surface area contributed by atoms with Crippen molar-refractivity contribution in [1.29, 1.82) is 0 Å². The SMILES string of the molecule is Cc1c(NC(=O)c2ncn[nH]2)cccc1C(N)=O. The van der Waals surface area contributed by atoms with Crippen LogP contribution in [-0.2, 0) is 0 Å². The minimum atomic E-state index is -0.539. The Kier molecular flexibility index (Phi) is 3.05. The fourth-order valence-corrected chi connectivity index (χ4v) is 1.53. The number of carbonyl (C=O) groups is 2. The topological polar surface area (TPSA) is 114 Å². The van der Waals surface area contributed by atoms with Gasteiger partial charge in [-0.15, -0.1) is 0 Å². The maximum atomic E-state index is 11.7. The fourth-order valence-electron chi connectivity index (χ4n) is 1.53. The van der Waals surface area contributed by atoms with Gasteiger partial charge in [0.25, 0.3) is 5.91 Å². The highest BCUT2D eigenvalue weighted by Gasteiger charge is 2.13. The first-order valence-electron chi connectivity index (χ1n) is 5.15. The Balaban J connectivity index is 2.27. The number of nitrogens with two attached hydrogens (primary N) is 1. The van der Waals surface area contributed by atoms with E-state index in [-0.39, 0.29) is 5.82 Å². The van der Waals surface area contributed by atoms with Gasteiger partial charge in [0, 0.05) is 11.3 Å². The number of primary amides is 1. The van der Waals surface area contributed by atoms with Crippen LogP contribution in [0.3, 0.4) is 0 Å². The average molecular weight is 245 g/mol. The summed E-state index contributed by atoms with van der Waals surface area (Å²) in [7, 11) is 0. The van der Waals surface area contributed by atoms with Crippen LogP contribution in [0.5, 0.6) is 0 Å². The van der Waals surface area contributed by atoms with Gasteiger partial charge in [-0.05, 0) is 24.6 Å². The van der Waals surface area contributed by atoms with Gasteiger partial charge >= 0.3 is 0 Å². The molecule has 1 aromatic heterocycles. The summed E-state index contributed by atoms with van der Waals surface area (Å²) in [5.41, 5.74) is 6.71. The highest BCUT2D eigenvalue weighted by atomic mass is 16.2. The van der Waals surface area contributed by atoms with Crippen LogP contribution in [0.1, 0.15) is 26.5 Å². The van der Waals surface area contributed by atoms with Crippen molar-refractivity contribution in [3.05, 3.63) is 41.5 Å². The van der Waals surface area contributed by atoms with Crippen molar-refractivity contribution in [2.75, 3.05) is 5.32 Å². The molecule has 7 heteroatoms. The smallest absolute Gasteiger partial charge is 0.292 e. The number of nitrogens with zero attached hydrogens (tertiary/aromatic N) is 2. The number of hydrogen-bond acceptors (Lipinski definition) is 4. The molecule has 1 heterocycles. The van der Waals surface area contributed by atoms with E-state index in [9.17, 15) is 9.59 Å². The molecule has 0 spiro atoms. The Morgan fingerprint density at radius 1 is 1.39 bits per heavy atom. The number of carbonyl (C=O) groups excluding carboxylic acids is 2. The summed E-state index contributed by atoms with van der Waals surface area (Å²) in [5.74, 6) is -0.876. The number of H-pyrrole nitrogens is 1. The summed E-state index contributed by atoms with van der Waals surface area (Å²) >= 11 is 0. The van der Waals surface area contributed by atoms with Gasteiger partial charge in [0.2, 0.25) is 11.7 Å². The van der Waals surface area contributed by atoms with E-state index < -0.39 is 11.8 Å². The van der Waals surface area contributed by atoms with Crippen molar-refractivity contribution in [2.45, 2.75) is 6.92 Å². The Labute approximate surface area is 102 Å². The van der Waals surface area contributed by atoms with Crippen LogP contribution < -0.4 is 11.1 Å². The van der Waals surface area contributed by atoms with Crippen molar-refractivity contribution in [3.63, 3.8) is 0 Å². The van der Waals surface area contributed by atoms with E-state index in [1.165, 1.54) is 6.33 Å². The fraction of sp³-hybridized carbons (Fsp3) is 0.0909. The molecule has 2 aromatic rings. The largest absolute Gasteiger partial charge is 0.366 e. The molecule has 4 N–H and O–H groups in total. The van der Waals surface area contributed by atoms with Crippen molar-refractivity contribution < 1.29 is 9.59 Å². The highest BCUT2D eigenvalue weighted by molar-refractivity contribution is 6.03. The van der Waals surface area contributed by atoms with Crippen molar-refractivity contribution in [1.82, 2.24) is 15.2 Å². The van der Waals surface area contributed by atoms with E-state index in [2.05, 4.69) is 20.5 Å². The highest BCUT2D eigenvalue weighted by Crippen LogP contribution is 2.18. The van der Waals surface area contributed by atoms with Crippen LogP contribution in [0.15, 0.2) is 24.5 Å². The Morgan fingerprint density at radius 3 is 2.78 bits per heavy atom. The number of aromatic amines is 1. The summed E-state index contributed by atoms with van der Waals surface area (Å²) in [6.07, 6.45) is 1.24. The zero-order valence-corrected chi connectivity index (χ0v) is 9.60. The third-order valence-electron chi connectivity index (χ3n) is 2.48. The maximum absolute atomic E-state index is 11.7. The Bertz CT molecular complexity index is 591. The minimum Gasteiger partial charge on any atom is -0.366 e. The summed E-state index contributed by atoms with van der Waals surface area (Å²) in [6.45, 7) is 1.70. The molecule has 0 aliphatic carbocycles. The second-order valence-corrected chi connectivity index (χ2v) is 3.63. The van der Waals surface area contributed by atoms with Gasteiger partial charge in [-0.2, -0.15) is 5.10 Å². The standard InChI is InChI=1S/C11H11N5O2/c1-6-7(9(12)17)3-2-4-8(6)15-11(18)10-13-5-14-16-10/h2-5H,1H3,(H2,12,17)(H,15,18)(H,13,14,16). The van der Waals surface area contributed by atoms with E-state index >= 15 is 0 Å². The lowest BCUT2D eigenvalue weighted by molar-refractivity contribution is 0.0994. The van der Waals surface area contributed by atoms with E-state index in [1.807, 2.05) is 0 Å². The summed E-state index contributed by atoms with van der Waals surface area (Å²) in [4.78, 5) is 26.6. The molecule has 2 rings (SSSR count). The summed E-state index contributed by atoms with van der Waals surface area (Å²) < 4.78 is 0. The van der Waals surface area contributed by atoms with Gasteiger partial charge in [-0.25, -0.2) is 4.98 Å². The number of hydrogen-bond donors (Lipinski definition) is 3. The van der Waals surface area contributed by atoms with Gasteiger partial charge in [-0.3, -0.25) is 14.7 Å². The number of amides is 2. The maximum Gasteiger partial charge on any atom is 0.292 e. The van der Waals surface area contributed by atoms with E-state index in [0.717, 1.165) is 0 Å². The zero-order valence-electron chi connectivity index (χ0n) is 9.60. The minimum absolute atomic E-state index is 0.0962. The molecular weight excluding hydrogens is 234 g/mol. The molecule has 7 nitrogen and oxygen atoms in total. The molecule has 0 unspecified atom stereocenters. The molecule has 0 fully saturated rings. The van der Waals surface area contributed by atoms with Gasteiger partial charge in [-0.1, -0.05) is 6.07 Å². The van der Waals surface area contributed by atoms with Crippen LogP contribution in [0, 0.1) is 6.92 Å². The third-order valence-corrected chi connectivity index (χ3v) is 2.48. The average Bonchev–Trinajstić information content (AvgIpc) is 2.85. The normalized spacial score (nSPS) is 10.1. The first-order chi connectivity index (χ1) is 8.59. The molecule has 0 aliphatic rings. The molecule has 0 bridgehead atoms. The predicted molar refractivity (Wildman–Crippen MR) is 64.0 cm³/mol. The van der Waals surface area contributed by atoms with Gasteiger partial charge in [0.15, 0.2) is 0 Å². The van der Waals surface area contributed by atoms with Crippen LogP contribution in [0.4, 0.5) is 5.69 Å². The molecule has 0 aliphatic heterocycles. The van der Waals surface area contributed by atoms with Crippen LogP contribution in [0.2, 0.25) is 0 Å². The second-order valence-electron chi connectivity index (χ2n) is 3.63. The monoisotopic (exact) mass is 245 g/mol. The van der Waals surface area contributed by atoms with Crippen LogP contribution in [0.25, 0.3) is 0 Å². The molecule has 0 saturated heterocycles. The van der Waals surface area contributed by atoms with Crippen molar-refractivity contribution >= 4 is 17.5 Å². The van der Waals surface area contributed by atoms with Gasteiger partial charge in [0.1, 0.15) is 6.33 Å². The quantitative estimate of drug-likeness (QED) is 0.728. The molecule has 2 amide bonds. The Hall–Kier alpha value is -2.70. The lowest BCUT2D eigenvalue weighted by Crippen LogP contribution is -2.17. The predicted octanol–water partition coefficient (Wildman–Crippen LogP) is 0.464. The van der Waals surface area contributed by atoms with Crippen molar-refractivity contribution in [2.24, 2.45) is 5.73 Å². The van der Waals surface area contributed by atoms with Gasteiger partial charge < -0.3 is 11.1 Å². The molecule has 0 saturated carbocycles. The lowest BCUT2D eigenvalue weighted by Gasteiger charge is -2.09. The van der Waals surface area contributed by atoms with Crippen LogP contribution >= 0.6 is 0 Å². The first-order valence-corrected chi connectivity index (χ1v) is 5.15. The van der Waals surface area contributed by atoms with Gasteiger partial charge in [0.05, 0.1) is 0 Å². The molecule has 18 heavy (non-hydrogen) atoms. The molecule has 0 radical (unpaired) electrons. The lowest BCUT2D eigenvalue weighted by atomic mass is 10.1. The second kappa shape index (κ2) is 4.66. The number of benzene rings is 1. The number of nitrogens with one attached hydrogen (secondary N) is 2. The number of aromatic nitrogens is 3. The molecule has 92 valence electrons. The number of anilines is 1. The number of rotatable bonds is 3. The summed E-state index contributed by atoms with van der Waals surface area (Å²) in [5, 5.41) is 8.66.